The summed E-state index contributed by atoms with van der Waals surface area (Å²) in [6.07, 6.45) is 111. The normalized spacial score (nSPS) is 14.9. The van der Waals surface area contributed by atoms with Gasteiger partial charge in [-0.1, -0.05) is 324 Å². The summed E-state index contributed by atoms with van der Waals surface area (Å²) in [4.78, 5) is 58.9. The third-order valence-corrected chi connectivity index (χ3v) is 18.9. The smallest absolute Gasteiger partial charge is 0.463 e. The summed E-state index contributed by atoms with van der Waals surface area (Å²) in [6.45, 7) is 2.29. The zero-order chi connectivity index (χ0) is 80.8. The summed E-state index contributed by atoms with van der Waals surface area (Å²) in [7, 11) is -9.83. The van der Waals surface area contributed by atoms with E-state index in [2.05, 4.69) is 227 Å². The van der Waals surface area contributed by atoms with Gasteiger partial charge >= 0.3 is 33.6 Å². The second-order valence-corrected chi connectivity index (χ2v) is 30.4. The maximum absolute atomic E-state index is 13.1. The average molecular weight is 1590 g/mol. The number of phosphoric acid groups is 2. The molecule has 5 unspecified atom stereocenters. The Morgan fingerprint density at radius 1 is 0.252 bits per heavy atom. The molecule has 0 aromatic rings. The van der Waals surface area contributed by atoms with Gasteiger partial charge in [-0.25, -0.2) is 9.13 Å². The van der Waals surface area contributed by atoms with E-state index in [1.54, 1.807) is 0 Å². The molecule has 4 N–H and O–H groups in total. The van der Waals surface area contributed by atoms with Crippen molar-refractivity contribution in [3.63, 3.8) is 0 Å². The van der Waals surface area contributed by atoms with Gasteiger partial charge in [0.05, 0.1) is 26.4 Å². The molecular formula is C93H150O16P2. The monoisotopic (exact) mass is 1590 g/mol. The number of aliphatic hydroxyl groups is 2. The van der Waals surface area contributed by atoms with Crippen LogP contribution in [0.5, 0.6) is 0 Å². The molecule has 0 saturated carbocycles. The molecule has 0 fully saturated rings. The number of carbonyl (C=O) groups is 3. The number of unbranched alkanes of at least 4 members (excludes halogenated alkanes) is 21. The van der Waals surface area contributed by atoms with Crippen molar-refractivity contribution in [2.45, 2.75) is 322 Å². The van der Waals surface area contributed by atoms with Crippen molar-refractivity contribution in [2.75, 3.05) is 39.6 Å². The van der Waals surface area contributed by atoms with Gasteiger partial charge in [-0.05, 0) is 167 Å². The SMILES string of the molecule is CC/C=C\C/C=C\C/C=C\C/C=C\C/C=C\C/C=C\CCCCCCCCCCC(=O)OCC(O)COP(=O)(O)OCC(O)COP(=O)(O)OCC(COC(=O)CCCCCCCC/C=C\C/C=C\C/C=C\C/C=C\C/C=C\C/C=C\CC)OC(=O)CCCCCCCCC/C=C\C/C=C\C/C=C\C/C=C\C/C=C\CC. The van der Waals surface area contributed by atoms with E-state index in [0.29, 0.717) is 19.3 Å². The van der Waals surface area contributed by atoms with Crippen LogP contribution >= 0.6 is 15.6 Å². The molecule has 18 heteroatoms. The first kappa shape index (κ1) is 105. The second kappa shape index (κ2) is 83.6. The highest BCUT2D eigenvalue weighted by atomic mass is 31.2. The number of carbonyl (C=O) groups excluding carboxylic acids is 3. The van der Waals surface area contributed by atoms with E-state index in [1.807, 2.05) is 0 Å². The van der Waals surface area contributed by atoms with E-state index in [9.17, 15) is 43.5 Å². The Morgan fingerprint density at radius 3 is 0.712 bits per heavy atom. The van der Waals surface area contributed by atoms with Crippen LogP contribution < -0.4 is 0 Å². The van der Waals surface area contributed by atoms with Gasteiger partial charge in [0.2, 0.25) is 0 Å². The lowest BCUT2D eigenvalue weighted by Gasteiger charge is -2.21. The maximum atomic E-state index is 13.1. The molecule has 0 aliphatic carbocycles. The van der Waals surface area contributed by atoms with Gasteiger partial charge in [0.1, 0.15) is 25.4 Å². The molecular weight excluding hydrogens is 1430 g/mol. The first-order chi connectivity index (χ1) is 54.2. The predicted molar refractivity (Wildman–Crippen MR) is 463 cm³/mol. The Kier molecular flexibility index (Phi) is 79.1. The summed E-state index contributed by atoms with van der Waals surface area (Å²) in [5.74, 6) is -1.62. The molecule has 0 amide bonds. The van der Waals surface area contributed by atoms with Crippen LogP contribution in [0.25, 0.3) is 0 Å². The molecule has 0 saturated heterocycles. The number of rotatable bonds is 78. The fourth-order valence-corrected chi connectivity index (χ4v) is 12.2. The molecule has 0 rings (SSSR count). The minimum Gasteiger partial charge on any atom is -0.463 e. The third kappa shape index (κ3) is 84.9. The lowest BCUT2D eigenvalue weighted by atomic mass is 10.1. The number of ether oxygens (including phenoxy) is 3. The van der Waals surface area contributed by atoms with Crippen LogP contribution in [0.4, 0.5) is 0 Å². The number of esters is 3. The molecule has 628 valence electrons. The number of hydrogen-bond acceptors (Lipinski definition) is 14. The molecule has 0 aliphatic heterocycles. The van der Waals surface area contributed by atoms with E-state index in [1.165, 1.54) is 19.3 Å². The number of phosphoric ester groups is 2. The summed E-state index contributed by atoms with van der Waals surface area (Å²) in [5.41, 5.74) is 0. The number of allylic oxidation sites excluding steroid dienone is 34. The lowest BCUT2D eigenvalue weighted by molar-refractivity contribution is -0.161. The third-order valence-electron chi connectivity index (χ3n) is 17.0. The van der Waals surface area contributed by atoms with Gasteiger partial charge < -0.3 is 34.2 Å². The molecule has 0 radical (unpaired) electrons. The van der Waals surface area contributed by atoms with E-state index < -0.39 is 91.5 Å². The molecule has 0 aromatic heterocycles. The van der Waals surface area contributed by atoms with E-state index >= 15 is 0 Å². The summed E-state index contributed by atoms with van der Waals surface area (Å²) < 4.78 is 61.3. The molecule has 0 aromatic carbocycles. The minimum absolute atomic E-state index is 0.0789. The van der Waals surface area contributed by atoms with Gasteiger partial charge in [-0.2, -0.15) is 0 Å². The zero-order valence-electron chi connectivity index (χ0n) is 68.8. The van der Waals surface area contributed by atoms with Gasteiger partial charge in [-0.15, -0.1) is 0 Å². The molecule has 0 aliphatic rings. The van der Waals surface area contributed by atoms with Crippen molar-refractivity contribution in [1.82, 2.24) is 0 Å². The molecule has 0 bridgehead atoms. The Bertz CT molecular complexity index is 2850. The van der Waals surface area contributed by atoms with Gasteiger partial charge in [-0.3, -0.25) is 32.5 Å². The van der Waals surface area contributed by atoms with Crippen LogP contribution in [-0.4, -0.2) is 95.9 Å². The van der Waals surface area contributed by atoms with Crippen molar-refractivity contribution < 1.29 is 75.8 Å². The summed E-state index contributed by atoms with van der Waals surface area (Å²) in [6, 6.07) is 0. The first-order valence-corrected chi connectivity index (χ1v) is 45.4. The summed E-state index contributed by atoms with van der Waals surface area (Å²) >= 11 is 0. The van der Waals surface area contributed by atoms with Crippen LogP contribution in [0.3, 0.4) is 0 Å². The first-order valence-electron chi connectivity index (χ1n) is 42.4. The van der Waals surface area contributed by atoms with Gasteiger partial charge in [0.15, 0.2) is 6.10 Å². The van der Waals surface area contributed by atoms with E-state index in [0.717, 1.165) is 225 Å². The van der Waals surface area contributed by atoms with Crippen molar-refractivity contribution in [3.8, 4) is 0 Å². The fourth-order valence-electron chi connectivity index (χ4n) is 10.7. The second-order valence-electron chi connectivity index (χ2n) is 27.5. The molecule has 0 heterocycles. The lowest BCUT2D eigenvalue weighted by Crippen LogP contribution is -2.30. The molecule has 5 atom stereocenters. The minimum atomic E-state index is -4.96. The maximum Gasteiger partial charge on any atom is 0.472 e. The van der Waals surface area contributed by atoms with Crippen molar-refractivity contribution in [1.29, 1.82) is 0 Å². The number of aliphatic hydroxyl groups excluding tert-OH is 2. The Hall–Kier alpha value is -5.87. The predicted octanol–water partition coefficient (Wildman–Crippen LogP) is 25.7. The van der Waals surface area contributed by atoms with E-state index in [-0.39, 0.29) is 19.3 Å². The van der Waals surface area contributed by atoms with Crippen molar-refractivity contribution >= 4 is 33.6 Å². The summed E-state index contributed by atoms with van der Waals surface area (Å²) in [5, 5.41) is 20.7. The van der Waals surface area contributed by atoms with Crippen molar-refractivity contribution in [2.24, 2.45) is 0 Å². The highest BCUT2D eigenvalue weighted by Gasteiger charge is 2.29. The molecule has 111 heavy (non-hydrogen) atoms. The van der Waals surface area contributed by atoms with Crippen LogP contribution in [0.2, 0.25) is 0 Å². The van der Waals surface area contributed by atoms with Crippen molar-refractivity contribution in [3.05, 3.63) is 207 Å². The Balaban J connectivity index is 4.74. The molecule has 16 nitrogen and oxygen atoms in total. The van der Waals surface area contributed by atoms with Crippen LogP contribution in [-0.2, 0) is 55.8 Å². The van der Waals surface area contributed by atoms with Gasteiger partial charge in [0, 0.05) is 19.3 Å². The average Bonchev–Trinajstić information content (AvgIpc) is 0.897. The van der Waals surface area contributed by atoms with Crippen LogP contribution in [0.15, 0.2) is 207 Å². The van der Waals surface area contributed by atoms with E-state index in [4.69, 9.17) is 32.3 Å². The Labute approximate surface area is 673 Å². The van der Waals surface area contributed by atoms with Crippen LogP contribution in [0.1, 0.15) is 303 Å². The quantitative estimate of drug-likeness (QED) is 0.0146. The van der Waals surface area contributed by atoms with Gasteiger partial charge in [0.25, 0.3) is 0 Å². The topological polar surface area (TPSA) is 231 Å². The standard InChI is InChI=1S/C93H150O16P2/c1-4-7-10-13-16-19-22-25-28-31-34-37-40-42-43-45-48-49-52-55-58-61-64-67-70-73-76-79-91(96)103-82-88(94)83-105-110(99,100)106-84-89(95)85-107-111(101,102)108-87-90(109-93(98)81-78-75-72-69-66-63-60-57-54-51-46-39-36-33-30-27-24-21-18-15-12-9-6-3)86-104-92(97)80-77-74-71-68-65-62-59-56-53-50-47-44-41-38-35-32-29-26-23-20-17-14-11-8-5-2/h7-12,16-21,25-30,34-39,42-44,47-49,51,53-54,56,88-90,94-95H,4-6,13-15,22-24,31-33,40-41,45-46,50,52,55,57-87H2,1-3H3,(H,99,100)(H,101,102)/b10-7-,11-8-,12-9-,19-16-,20-17-,21-18-,28-25-,29-26-,30-27-,37-34-,38-35-,39-36-,43-42-,47-44-,49-48-,54-51-,56-53-. The molecule has 0 spiro atoms. The Morgan fingerprint density at radius 2 is 0.450 bits per heavy atom. The highest BCUT2D eigenvalue weighted by Crippen LogP contribution is 2.45. The highest BCUT2D eigenvalue weighted by molar-refractivity contribution is 7.47. The number of hydrogen-bond donors (Lipinski definition) is 4. The fraction of sp³-hybridized carbons (Fsp3) is 0.602. The zero-order valence-corrected chi connectivity index (χ0v) is 70.6. The van der Waals surface area contributed by atoms with Crippen LogP contribution in [0, 0.1) is 0 Å². The largest absolute Gasteiger partial charge is 0.472 e.